The molecule has 0 fully saturated rings. The lowest BCUT2D eigenvalue weighted by Gasteiger charge is -2.26. The molecule has 2 aromatic rings. The number of nitrogens with zero attached hydrogens (tertiary/aromatic N) is 1. The van der Waals surface area contributed by atoms with E-state index in [9.17, 15) is 35.5 Å². The third-order valence-corrected chi connectivity index (χ3v) is 3.50. The van der Waals surface area contributed by atoms with Crippen molar-refractivity contribution in [3.8, 4) is 0 Å². The number of aromatic nitrogens is 1. The van der Waals surface area contributed by atoms with Crippen LogP contribution >= 0.6 is 11.3 Å². The molecule has 0 spiro atoms. The summed E-state index contributed by atoms with van der Waals surface area (Å²) in [5, 5.41) is 0.778. The predicted octanol–water partition coefficient (Wildman–Crippen LogP) is 4.07. The highest BCUT2D eigenvalue weighted by atomic mass is 32.1. The van der Waals surface area contributed by atoms with E-state index >= 15 is 0 Å². The summed E-state index contributed by atoms with van der Waals surface area (Å²) in [5.74, 6) is -15.3. The first-order chi connectivity index (χ1) is 9.97. The smallest absolute Gasteiger partial charge is 0.296 e. The van der Waals surface area contributed by atoms with Gasteiger partial charge in [0.05, 0.1) is 10.2 Å². The summed E-state index contributed by atoms with van der Waals surface area (Å²) in [6, 6.07) is 6.06. The fourth-order valence-corrected chi connectivity index (χ4v) is 2.28. The number of para-hydroxylation sites is 1. The van der Waals surface area contributed by atoms with Crippen molar-refractivity contribution in [1.82, 2.24) is 4.98 Å². The number of amides is 1. The Kier molecular flexibility index (Phi) is 3.80. The highest BCUT2D eigenvalue weighted by Gasteiger charge is 2.76. The van der Waals surface area contributed by atoms with Crippen LogP contribution in [-0.2, 0) is 4.79 Å². The van der Waals surface area contributed by atoms with Gasteiger partial charge in [-0.2, -0.15) is 30.7 Å². The van der Waals surface area contributed by atoms with Gasteiger partial charge in [0.1, 0.15) is 0 Å². The van der Waals surface area contributed by atoms with Crippen LogP contribution in [0, 0.1) is 0 Å². The standard InChI is InChI=1S/C11H5F7N2OS/c12-9(13,10(14,15)11(16,17)18)7(21)20-8-19-5-3-1-2-4-6(5)22-8/h1-4H,(H,19,20,21). The molecule has 22 heavy (non-hydrogen) atoms. The second kappa shape index (κ2) is 5.07. The van der Waals surface area contributed by atoms with E-state index in [4.69, 9.17) is 0 Å². The maximum atomic E-state index is 13.1. The zero-order valence-electron chi connectivity index (χ0n) is 10.2. The van der Waals surface area contributed by atoms with E-state index in [0.29, 0.717) is 16.0 Å². The van der Waals surface area contributed by atoms with Crippen molar-refractivity contribution >= 4 is 32.6 Å². The maximum Gasteiger partial charge on any atom is 0.460 e. The number of hydrogen-bond donors (Lipinski definition) is 1. The normalized spacial score (nSPS) is 13.4. The Morgan fingerprint density at radius 2 is 1.64 bits per heavy atom. The summed E-state index contributed by atoms with van der Waals surface area (Å²) in [4.78, 5) is 14.8. The Morgan fingerprint density at radius 3 is 2.18 bits per heavy atom. The Balaban J connectivity index is 2.27. The molecule has 1 N–H and O–H groups in total. The monoisotopic (exact) mass is 346 g/mol. The molecule has 0 aliphatic heterocycles. The van der Waals surface area contributed by atoms with Crippen LogP contribution in [0.4, 0.5) is 35.9 Å². The van der Waals surface area contributed by atoms with Crippen LogP contribution in [0.1, 0.15) is 0 Å². The van der Waals surface area contributed by atoms with Crippen LogP contribution in [0.2, 0.25) is 0 Å². The van der Waals surface area contributed by atoms with Crippen LogP contribution in [0.15, 0.2) is 24.3 Å². The van der Waals surface area contributed by atoms with Crippen LogP contribution in [0.25, 0.3) is 10.2 Å². The van der Waals surface area contributed by atoms with Gasteiger partial charge in [-0.15, -0.1) is 0 Å². The molecule has 0 bridgehead atoms. The molecule has 11 heteroatoms. The van der Waals surface area contributed by atoms with Crippen molar-refractivity contribution in [2.75, 3.05) is 5.32 Å². The maximum absolute atomic E-state index is 13.1. The summed E-state index contributed by atoms with van der Waals surface area (Å²) in [6.07, 6.45) is -6.57. The molecule has 0 atom stereocenters. The Morgan fingerprint density at radius 1 is 1.05 bits per heavy atom. The molecule has 0 radical (unpaired) electrons. The second-order valence-electron chi connectivity index (χ2n) is 4.09. The van der Waals surface area contributed by atoms with Crippen molar-refractivity contribution in [3.63, 3.8) is 0 Å². The Hall–Kier alpha value is -1.91. The number of thiazole rings is 1. The number of alkyl halides is 7. The molecule has 0 saturated heterocycles. The number of rotatable bonds is 3. The number of anilines is 1. The molecule has 0 saturated carbocycles. The molecule has 0 unspecified atom stereocenters. The quantitative estimate of drug-likeness (QED) is 0.852. The number of nitrogens with one attached hydrogen (secondary N) is 1. The third kappa shape index (κ3) is 2.60. The summed E-state index contributed by atoms with van der Waals surface area (Å²) >= 11 is 0.657. The minimum absolute atomic E-state index is 0.272. The van der Waals surface area contributed by atoms with E-state index in [1.807, 2.05) is 0 Å². The molecule has 2 rings (SSSR count). The molecular formula is C11H5F7N2OS. The predicted molar refractivity (Wildman–Crippen MR) is 64.2 cm³/mol. The molecule has 1 aromatic heterocycles. The van der Waals surface area contributed by atoms with Gasteiger partial charge in [-0.25, -0.2) is 4.98 Å². The third-order valence-electron chi connectivity index (χ3n) is 2.55. The molecule has 0 aliphatic rings. The van der Waals surface area contributed by atoms with Crippen molar-refractivity contribution < 1.29 is 35.5 Å². The van der Waals surface area contributed by atoms with Gasteiger partial charge in [0.25, 0.3) is 0 Å². The zero-order chi connectivity index (χ0) is 16.8. The van der Waals surface area contributed by atoms with Gasteiger partial charge in [-0.05, 0) is 12.1 Å². The van der Waals surface area contributed by atoms with E-state index in [1.165, 1.54) is 17.4 Å². The van der Waals surface area contributed by atoms with Crippen molar-refractivity contribution in [2.45, 2.75) is 18.0 Å². The number of benzene rings is 1. The first kappa shape index (κ1) is 16.5. The lowest BCUT2D eigenvalue weighted by atomic mass is 10.1. The summed E-state index contributed by atoms with van der Waals surface area (Å²) in [5.41, 5.74) is 0.272. The van der Waals surface area contributed by atoms with Crippen molar-refractivity contribution in [2.24, 2.45) is 0 Å². The van der Waals surface area contributed by atoms with E-state index in [0.717, 1.165) is 0 Å². The van der Waals surface area contributed by atoms with Gasteiger partial charge in [-0.1, -0.05) is 23.5 Å². The lowest BCUT2D eigenvalue weighted by molar-refractivity contribution is -0.343. The lowest BCUT2D eigenvalue weighted by Crippen LogP contribution is -2.57. The Labute approximate surface area is 121 Å². The first-order valence-electron chi connectivity index (χ1n) is 5.46. The molecule has 120 valence electrons. The van der Waals surface area contributed by atoms with E-state index < -0.39 is 29.1 Å². The van der Waals surface area contributed by atoms with Crippen LogP contribution < -0.4 is 5.32 Å². The van der Waals surface area contributed by atoms with Gasteiger partial charge in [0, 0.05) is 0 Å². The van der Waals surface area contributed by atoms with Gasteiger partial charge in [0.15, 0.2) is 5.13 Å². The number of halogens is 7. The molecular weight excluding hydrogens is 341 g/mol. The number of carbonyl (C=O) groups is 1. The van der Waals surface area contributed by atoms with Gasteiger partial charge in [0.2, 0.25) is 0 Å². The fourth-order valence-electron chi connectivity index (χ4n) is 1.42. The number of fused-ring (bicyclic) bond motifs is 1. The second-order valence-corrected chi connectivity index (χ2v) is 5.12. The highest BCUT2D eigenvalue weighted by Crippen LogP contribution is 2.47. The van der Waals surface area contributed by atoms with Crippen molar-refractivity contribution in [1.29, 1.82) is 0 Å². The summed E-state index contributed by atoms with van der Waals surface area (Å²) < 4.78 is 88.0. The largest absolute Gasteiger partial charge is 0.460 e. The average molecular weight is 346 g/mol. The molecule has 3 nitrogen and oxygen atoms in total. The number of carbonyl (C=O) groups excluding carboxylic acids is 1. The number of hydrogen-bond acceptors (Lipinski definition) is 3. The van der Waals surface area contributed by atoms with Gasteiger partial charge >= 0.3 is 23.9 Å². The zero-order valence-corrected chi connectivity index (χ0v) is 11.0. The van der Waals surface area contributed by atoms with Crippen LogP contribution in [0.3, 0.4) is 0 Å². The minimum Gasteiger partial charge on any atom is -0.296 e. The topological polar surface area (TPSA) is 42.0 Å². The van der Waals surface area contributed by atoms with Crippen LogP contribution in [0.5, 0.6) is 0 Å². The SMILES string of the molecule is O=C(Nc1nc2ccccc2s1)C(F)(F)C(F)(F)C(F)(F)F. The molecule has 1 heterocycles. The molecule has 1 amide bonds. The Bertz CT molecular complexity index is 677. The minimum atomic E-state index is -6.57. The first-order valence-corrected chi connectivity index (χ1v) is 6.28. The van der Waals surface area contributed by atoms with E-state index in [1.54, 1.807) is 12.1 Å². The molecule has 1 aromatic carbocycles. The van der Waals surface area contributed by atoms with Gasteiger partial charge < -0.3 is 0 Å². The van der Waals surface area contributed by atoms with Gasteiger partial charge in [-0.3, -0.25) is 10.1 Å². The summed E-state index contributed by atoms with van der Waals surface area (Å²) in [6.45, 7) is 0. The van der Waals surface area contributed by atoms with Crippen molar-refractivity contribution in [3.05, 3.63) is 24.3 Å². The van der Waals surface area contributed by atoms with E-state index in [-0.39, 0.29) is 5.52 Å². The highest BCUT2D eigenvalue weighted by molar-refractivity contribution is 7.22. The molecule has 0 aliphatic carbocycles. The summed E-state index contributed by atoms with van der Waals surface area (Å²) in [7, 11) is 0. The average Bonchev–Trinajstić information content (AvgIpc) is 2.79. The van der Waals surface area contributed by atoms with E-state index in [2.05, 4.69) is 4.98 Å². The fraction of sp³-hybridized carbons (Fsp3) is 0.273. The van der Waals surface area contributed by atoms with Crippen LogP contribution in [-0.4, -0.2) is 28.9 Å².